The maximum Gasteiger partial charge on any atom is 0.146 e. The van der Waals surface area contributed by atoms with Gasteiger partial charge in [0.15, 0.2) is 0 Å². The summed E-state index contributed by atoms with van der Waals surface area (Å²) in [6.45, 7) is 14.6. The van der Waals surface area contributed by atoms with E-state index in [1.807, 2.05) is 6.92 Å². The zero-order valence-corrected chi connectivity index (χ0v) is 10.7. The van der Waals surface area contributed by atoms with Gasteiger partial charge in [-0.3, -0.25) is 14.6 Å². The SMILES string of the molecule is CC(=O)C(C)N1CCN(C(C)(C)C)CC1. The first-order valence-corrected chi connectivity index (χ1v) is 5.82. The largest absolute Gasteiger partial charge is 0.298 e. The average molecular weight is 212 g/mol. The molecule has 0 saturated carbocycles. The summed E-state index contributed by atoms with van der Waals surface area (Å²) >= 11 is 0. The van der Waals surface area contributed by atoms with Gasteiger partial charge in [-0.2, -0.15) is 0 Å². The van der Waals surface area contributed by atoms with Crippen LogP contribution in [0.3, 0.4) is 0 Å². The van der Waals surface area contributed by atoms with Crippen molar-refractivity contribution in [1.29, 1.82) is 0 Å². The molecule has 1 fully saturated rings. The van der Waals surface area contributed by atoms with E-state index in [2.05, 4.69) is 30.6 Å². The van der Waals surface area contributed by atoms with Crippen molar-refractivity contribution in [3.05, 3.63) is 0 Å². The average Bonchev–Trinajstić information content (AvgIpc) is 2.15. The van der Waals surface area contributed by atoms with Crippen molar-refractivity contribution >= 4 is 5.78 Å². The van der Waals surface area contributed by atoms with Crippen LogP contribution in [0.25, 0.3) is 0 Å². The van der Waals surface area contributed by atoms with E-state index >= 15 is 0 Å². The highest BCUT2D eigenvalue weighted by Crippen LogP contribution is 2.16. The molecule has 1 rings (SSSR count). The van der Waals surface area contributed by atoms with Crippen molar-refractivity contribution in [3.63, 3.8) is 0 Å². The second kappa shape index (κ2) is 4.62. The normalized spacial score (nSPS) is 22.7. The Labute approximate surface area is 93.4 Å². The van der Waals surface area contributed by atoms with Crippen LogP contribution in [-0.2, 0) is 4.79 Å². The molecule has 0 amide bonds. The third-order valence-electron chi connectivity index (χ3n) is 3.40. The summed E-state index contributed by atoms with van der Waals surface area (Å²) < 4.78 is 0. The van der Waals surface area contributed by atoms with Gasteiger partial charge in [-0.05, 0) is 34.6 Å². The molecule has 1 unspecified atom stereocenters. The lowest BCUT2D eigenvalue weighted by molar-refractivity contribution is -0.122. The number of hydrogen-bond donors (Lipinski definition) is 0. The Morgan fingerprint density at radius 3 is 1.93 bits per heavy atom. The number of Topliss-reactive ketones (excluding diaryl/α,β-unsaturated/α-hetero) is 1. The number of ketones is 1. The van der Waals surface area contributed by atoms with Gasteiger partial charge in [0.2, 0.25) is 0 Å². The molecular weight excluding hydrogens is 188 g/mol. The second-order valence-electron chi connectivity index (χ2n) is 5.48. The Morgan fingerprint density at radius 2 is 1.60 bits per heavy atom. The summed E-state index contributed by atoms with van der Waals surface area (Å²) in [5, 5.41) is 0. The molecule has 0 aliphatic carbocycles. The zero-order valence-electron chi connectivity index (χ0n) is 10.7. The third-order valence-corrected chi connectivity index (χ3v) is 3.40. The smallest absolute Gasteiger partial charge is 0.146 e. The molecule has 1 saturated heterocycles. The molecule has 1 aliphatic rings. The molecule has 1 aliphatic heterocycles. The first-order chi connectivity index (χ1) is 6.82. The number of hydrogen-bond acceptors (Lipinski definition) is 3. The van der Waals surface area contributed by atoms with Crippen molar-refractivity contribution in [2.45, 2.75) is 46.2 Å². The van der Waals surface area contributed by atoms with E-state index in [0.29, 0.717) is 0 Å². The number of rotatable bonds is 2. The van der Waals surface area contributed by atoms with Gasteiger partial charge in [0.25, 0.3) is 0 Å². The predicted octanol–water partition coefficient (Wildman–Crippen LogP) is 1.38. The van der Waals surface area contributed by atoms with E-state index in [1.54, 1.807) is 6.92 Å². The standard InChI is InChI=1S/C12H24N2O/c1-10(11(2)15)13-6-8-14(9-7-13)12(3,4)5/h10H,6-9H2,1-5H3. The quantitative estimate of drug-likeness (QED) is 0.691. The van der Waals surface area contributed by atoms with Gasteiger partial charge in [0.1, 0.15) is 5.78 Å². The molecular formula is C12H24N2O. The molecule has 0 bridgehead atoms. The summed E-state index contributed by atoms with van der Waals surface area (Å²) in [5.74, 6) is 0.277. The molecule has 1 atom stereocenters. The number of carbonyl (C=O) groups excluding carboxylic acids is 1. The van der Waals surface area contributed by atoms with E-state index < -0.39 is 0 Å². The lowest BCUT2D eigenvalue weighted by Gasteiger charge is -2.43. The maximum atomic E-state index is 11.3. The topological polar surface area (TPSA) is 23.6 Å². The van der Waals surface area contributed by atoms with Gasteiger partial charge in [-0.25, -0.2) is 0 Å². The van der Waals surface area contributed by atoms with Crippen molar-refractivity contribution in [3.8, 4) is 0 Å². The fraction of sp³-hybridized carbons (Fsp3) is 0.917. The van der Waals surface area contributed by atoms with Gasteiger partial charge in [0.05, 0.1) is 6.04 Å². The highest BCUT2D eigenvalue weighted by molar-refractivity contribution is 5.80. The molecule has 15 heavy (non-hydrogen) atoms. The molecule has 0 N–H and O–H groups in total. The Bertz CT molecular complexity index is 224. The maximum absolute atomic E-state index is 11.3. The Morgan fingerprint density at radius 1 is 1.13 bits per heavy atom. The minimum absolute atomic E-state index is 0.0899. The minimum atomic E-state index is 0.0899. The van der Waals surface area contributed by atoms with Gasteiger partial charge >= 0.3 is 0 Å². The van der Waals surface area contributed by atoms with Crippen LogP contribution in [0, 0.1) is 0 Å². The van der Waals surface area contributed by atoms with Crippen LogP contribution in [0.15, 0.2) is 0 Å². The lowest BCUT2D eigenvalue weighted by Crippen LogP contribution is -2.56. The van der Waals surface area contributed by atoms with Gasteiger partial charge in [0, 0.05) is 31.7 Å². The summed E-state index contributed by atoms with van der Waals surface area (Å²) in [6, 6.07) is 0.0899. The monoisotopic (exact) mass is 212 g/mol. The zero-order chi connectivity index (χ0) is 11.6. The van der Waals surface area contributed by atoms with Gasteiger partial charge < -0.3 is 0 Å². The van der Waals surface area contributed by atoms with Crippen LogP contribution in [0.2, 0.25) is 0 Å². The minimum Gasteiger partial charge on any atom is -0.298 e. The number of carbonyl (C=O) groups is 1. The highest BCUT2D eigenvalue weighted by Gasteiger charge is 2.28. The third kappa shape index (κ3) is 3.28. The Balaban J connectivity index is 2.46. The van der Waals surface area contributed by atoms with Crippen LogP contribution in [0.5, 0.6) is 0 Å². The van der Waals surface area contributed by atoms with Gasteiger partial charge in [-0.15, -0.1) is 0 Å². The molecule has 0 aromatic rings. The van der Waals surface area contributed by atoms with E-state index in [0.717, 1.165) is 26.2 Å². The summed E-state index contributed by atoms with van der Waals surface area (Å²) in [7, 11) is 0. The molecule has 3 heteroatoms. The fourth-order valence-electron chi connectivity index (χ4n) is 2.04. The van der Waals surface area contributed by atoms with Crippen LogP contribution in [0.4, 0.5) is 0 Å². The van der Waals surface area contributed by atoms with Gasteiger partial charge in [-0.1, -0.05) is 0 Å². The molecule has 0 spiro atoms. The highest BCUT2D eigenvalue weighted by atomic mass is 16.1. The second-order valence-corrected chi connectivity index (χ2v) is 5.48. The van der Waals surface area contributed by atoms with Crippen LogP contribution >= 0.6 is 0 Å². The first-order valence-electron chi connectivity index (χ1n) is 5.82. The fourth-order valence-corrected chi connectivity index (χ4v) is 2.04. The van der Waals surface area contributed by atoms with Crippen molar-refractivity contribution < 1.29 is 4.79 Å². The van der Waals surface area contributed by atoms with Crippen molar-refractivity contribution in [1.82, 2.24) is 9.80 Å². The predicted molar refractivity (Wildman–Crippen MR) is 63.0 cm³/mol. The van der Waals surface area contributed by atoms with Crippen molar-refractivity contribution in [2.24, 2.45) is 0 Å². The van der Waals surface area contributed by atoms with Crippen LogP contribution in [0.1, 0.15) is 34.6 Å². The number of piperazine rings is 1. The van der Waals surface area contributed by atoms with E-state index in [9.17, 15) is 4.79 Å². The molecule has 88 valence electrons. The first kappa shape index (κ1) is 12.7. The van der Waals surface area contributed by atoms with Crippen LogP contribution in [-0.4, -0.2) is 53.3 Å². The molecule has 0 radical (unpaired) electrons. The van der Waals surface area contributed by atoms with Crippen molar-refractivity contribution in [2.75, 3.05) is 26.2 Å². The summed E-state index contributed by atoms with van der Waals surface area (Å²) in [5.41, 5.74) is 0.256. The van der Waals surface area contributed by atoms with E-state index in [-0.39, 0.29) is 17.4 Å². The Hall–Kier alpha value is -0.410. The number of nitrogens with zero attached hydrogens (tertiary/aromatic N) is 2. The van der Waals surface area contributed by atoms with Crippen LogP contribution < -0.4 is 0 Å². The molecule has 1 heterocycles. The summed E-state index contributed by atoms with van der Waals surface area (Å²) in [4.78, 5) is 16.0. The molecule has 3 nitrogen and oxygen atoms in total. The Kier molecular flexibility index (Phi) is 3.90. The van der Waals surface area contributed by atoms with E-state index in [1.165, 1.54) is 0 Å². The van der Waals surface area contributed by atoms with E-state index in [4.69, 9.17) is 0 Å². The lowest BCUT2D eigenvalue weighted by atomic mass is 10.0. The molecule has 0 aromatic heterocycles. The molecule has 0 aromatic carbocycles. The summed E-state index contributed by atoms with van der Waals surface area (Å²) in [6.07, 6.45) is 0.